The van der Waals surface area contributed by atoms with Crippen LogP contribution in [0.3, 0.4) is 0 Å². The zero-order chi connectivity index (χ0) is 14.9. The summed E-state index contributed by atoms with van der Waals surface area (Å²) in [5.41, 5.74) is 1.04. The minimum atomic E-state index is -0.0220. The molecule has 112 valence electrons. The highest BCUT2D eigenvalue weighted by Crippen LogP contribution is 2.10. The van der Waals surface area contributed by atoms with Gasteiger partial charge in [0.25, 0.3) is 0 Å². The summed E-state index contributed by atoms with van der Waals surface area (Å²) in [5.74, 6) is 0.789. The van der Waals surface area contributed by atoms with Crippen molar-refractivity contribution in [2.24, 2.45) is 0 Å². The van der Waals surface area contributed by atoms with Crippen LogP contribution in [0.4, 0.5) is 0 Å². The first kappa shape index (κ1) is 15.1. The Bertz CT molecular complexity index is 537. The average Bonchev–Trinajstić information content (AvgIpc) is 3.03. The lowest BCUT2D eigenvalue weighted by atomic mass is 10.2. The van der Waals surface area contributed by atoms with Gasteiger partial charge in [-0.25, -0.2) is 0 Å². The molecule has 1 aromatic heterocycles. The van der Waals surface area contributed by atoms with Gasteiger partial charge in [0.15, 0.2) is 0 Å². The number of ether oxygens (including phenoxy) is 1. The van der Waals surface area contributed by atoms with Gasteiger partial charge in [-0.1, -0.05) is 12.1 Å². The zero-order valence-corrected chi connectivity index (χ0v) is 12.1. The summed E-state index contributed by atoms with van der Waals surface area (Å²) in [6.07, 6.45) is 3.63. The number of benzene rings is 1. The summed E-state index contributed by atoms with van der Waals surface area (Å²) < 4.78 is 6.91. The molecule has 1 aromatic carbocycles. The van der Waals surface area contributed by atoms with E-state index in [1.54, 1.807) is 13.3 Å². The third kappa shape index (κ3) is 5.27. The minimum Gasteiger partial charge on any atom is -0.497 e. The molecule has 6 nitrogen and oxygen atoms in total. The van der Waals surface area contributed by atoms with Gasteiger partial charge < -0.3 is 15.4 Å². The predicted molar refractivity (Wildman–Crippen MR) is 79.9 cm³/mol. The maximum atomic E-state index is 11.7. The SMILES string of the molecule is COc1ccc(CNC(=O)CNCCn2cccn2)cc1. The van der Waals surface area contributed by atoms with Crippen molar-refractivity contribution in [3.8, 4) is 5.75 Å². The molecule has 0 aliphatic carbocycles. The number of hydrogen-bond donors (Lipinski definition) is 2. The van der Waals surface area contributed by atoms with Crippen LogP contribution >= 0.6 is 0 Å². The van der Waals surface area contributed by atoms with E-state index >= 15 is 0 Å². The lowest BCUT2D eigenvalue weighted by Crippen LogP contribution is -2.34. The molecule has 6 heteroatoms. The highest BCUT2D eigenvalue weighted by atomic mass is 16.5. The maximum absolute atomic E-state index is 11.7. The van der Waals surface area contributed by atoms with Crippen molar-refractivity contribution in [1.29, 1.82) is 0 Å². The first-order valence-electron chi connectivity index (χ1n) is 6.85. The molecule has 0 atom stereocenters. The lowest BCUT2D eigenvalue weighted by Gasteiger charge is -2.07. The van der Waals surface area contributed by atoms with Crippen molar-refractivity contribution in [2.75, 3.05) is 20.2 Å². The second kappa shape index (κ2) is 8.06. The number of nitrogens with zero attached hydrogens (tertiary/aromatic N) is 2. The quantitative estimate of drug-likeness (QED) is 0.705. The maximum Gasteiger partial charge on any atom is 0.234 e. The number of rotatable bonds is 8. The monoisotopic (exact) mass is 288 g/mol. The van der Waals surface area contributed by atoms with Gasteiger partial charge in [-0.05, 0) is 23.8 Å². The molecule has 2 aromatic rings. The summed E-state index contributed by atoms with van der Waals surface area (Å²) in [7, 11) is 1.63. The van der Waals surface area contributed by atoms with Crippen molar-refractivity contribution in [2.45, 2.75) is 13.1 Å². The molecule has 1 heterocycles. The molecule has 0 aliphatic rings. The predicted octanol–water partition coefficient (Wildman–Crippen LogP) is 0.798. The third-order valence-corrected chi connectivity index (χ3v) is 3.01. The molecular weight excluding hydrogens is 268 g/mol. The van der Waals surface area contributed by atoms with E-state index in [2.05, 4.69) is 15.7 Å². The lowest BCUT2D eigenvalue weighted by molar-refractivity contribution is -0.120. The molecule has 1 amide bonds. The van der Waals surface area contributed by atoms with Gasteiger partial charge in [-0.15, -0.1) is 0 Å². The molecule has 21 heavy (non-hydrogen) atoms. The van der Waals surface area contributed by atoms with Crippen molar-refractivity contribution in [3.63, 3.8) is 0 Å². The normalized spacial score (nSPS) is 10.3. The fourth-order valence-electron chi connectivity index (χ4n) is 1.83. The molecule has 0 unspecified atom stereocenters. The van der Waals surface area contributed by atoms with Gasteiger partial charge in [-0.3, -0.25) is 9.48 Å². The molecule has 0 radical (unpaired) electrons. The molecule has 0 fully saturated rings. The van der Waals surface area contributed by atoms with Crippen LogP contribution in [0.15, 0.2) is 42.7 Å². The minimum absolute atomic E-state index is 0.0220. The van der Waals surface area contributed by atoms with Crippen LogP contribution in [0.5, 0.6) is 5.75 Å². The Morgan fingerprint density at radius 2 is 2.14 bits per heavy atom. The Labute approximate surface area is 124 Å². The van der Waals surface area contributed by atoms with Crippen LogP contribution in [-0.2, 0) is 17.9 Å². The molecular formula is C15H20N4O2. The second-order valence-corrected chi connectivity index (χ2v) is 4.57. The fourth-order valence-corrected chi connectivity index (χ4v) is 1.83. The van der Waals surface area contributed by atoms with E-state index in [-0.39, 0.29) is 5.91 Å². The number of hydrogen-bond acceptors (Lipinski definition) is 4. The molecule has 0 bridgehead atoms. The second-order valence-electron chi connectivity index (χ2n) is 4.57. The van der Waals surface area contributed by atoms with Crippen LogP contribution in [0.1, 0.15) is 5.56 Å². The van der Waals surface area contributed by atoms with Crippen LogP contribution in [0.25, 0.3) is 0 Å². The average molecular weight is 288 g/mol. The summed E-state index contributed by atoms with van der Waals surface area (Å²) in [6.45, 7) is 2.28. The summed E-state index contributed by atoms with van der Waals surface area (Å²) in [5, 5.41) is 10.0. The number of carbonyl (C=O) groups is 1. The van der Waals surface area contributed by atoms with E-state index in [1.807, 2.05) is 41.2 Å². The van der Waals surface area contributed by atoms with Crippen LogP contribution in [0.2, 0.25) is 0 Å². The van der Waals surface area contributed by atoms with Gasteiger partial charge >= 0.3 is 0 Å². The smallest absolute Gasteiger partial charge is 0.234 e. The number of nitrogens with one attached hydrogen (secondary N) is 2. The van der Waals surface area contributed by atoms with Gasteiger partial charge in [0.2, 0.25) is 5.91 Å². The van der Waals surface area contributed by atoms with E-state index in [4.69, 9.17) is 4.74 Å². The number of aromatic nitrogens is 2. The molecule has 0 saturated heterocycles. The Morgan fingerprint density at radius 3 is 2.81 bits per heavy atom. The Kier molecular flexibility index (Phi) is 5.78. The van der Waals surface area contributed by atoms with Crippen molar-refractivity contribution < 1.29 is 9.53 Å². The highest BCUT2D eigenvalue weighted by Gasteiger charge is 2.01. The number of carbonyl (C=O) groups excluding carboxylic acids is 1. The first-order valence-corrected chi connectivity index (χ1v) is 6.85. The van der Waals surface area contributed by atoms with Gasteiger partial charge in [0.1, 0.15) is 5.75 Å². The van der Waals surface area contributed by atoms with Gasteiger partial charge in [-0.2, -0.15) is 5.10 Å². The topological polar surface area (TPSA) is 68.2 Å². The standard InChI is InChI=1S/C15H20N4O2/c1-21-14-5-3-13(4-6-14)11-17-15(20)12-16-8-10-19-9-2-7-18-19/h2-7,9,16H,8,10-12H2,1H3,(H,17,20). The molecule has 0 aliphatic heterocycles. The van der Waals surface area contributed by atoms with Crippen LogP contribution < -0.4 is 15.4 Å². The van der Waals surface area contributed by atoms with Crippen LogP contribution in [-0.4, -0.2) is 35.9 Å². The summed E-state index contributed by atoms with van der Waals surface area (Å²) in [6, 6.07) is 9.50. The number of methoxy groups -OCH3 is 1. The van der Waals surface area contributed by atoms with E-state index in [9.17, 15) is 4.79 Å². The molecule has 0 spiro atoms. The van der Waals surface area contributed by atoms with E-state index in [0.717, 1.165) is 17.9 Å². The third-order valence-electron chi connectivity index (χ3n) is 3.01. The van der Waals surface area contributed by atoms with Gasteiger partial charge in [0.05, 0.1) is 20.2 Å². The first-order chi connectivity index (χ1) is 10.3. The van der Waals surface area contributed by atoms with Crippen molar-refractivity contribution in [3.05, 3.63) is 48.3 Å². The molecule has 0 saturated carbocycles. The van der Waals surface area contributed by atoms with Crippen molar-refractivity contribution >= 4 is 5.91 Å². The fraction of sp³-hybridized carbons (Fsp3) is 0.333. The Hall–Kier alpha value is -2.34. The zero-order valence-electron chi connectivity index (χ0n) is 12.1. The van der Waals surface area contributed by atoms with Crippen LogP contribution in [0, 0.1) is 0 Å². The van der Waals surface area contributed by atoms with Crippen molar-refractivity contribution in [1.82, 2.24) is 20.4 Å². The van der Waals surface area contributed by atoms with Gasteiger partial charge in [0, 0.05) is 25.5 Å². The summed E-state index contributed by atoms with van der Waals surface area (Å²) >= 11 is 0. The summed E-state index contributed by atoms with van der Waals surface area (Å²) in [4.78, 5) is 11.7. The van der Waals surface area contributed by atoms with E-state index in [1.165, 1.54) is 0 Å². The largest absolute Gasteiger partial charge is 0.497 e. The molecule has 2 rings (SSSR count). The molecule has 2 N–H and O–H groups in total. The highest BCUT2D eigenvalue weighted by molar-refractivity contribution is 5.77. The number of amides is 1. The Balaban J connectivity index is 1.60. The van der Waals surface area contributed by atoms with E-state index < -0.39 is 0 Å². The van der Waals surface area contributed by atoms with E-state index in [0.29, 0.717) is 19.6 Å². The Morgan fingerprint density at radius 1 is 1.33 bits per heavy atom.